The molecule has 5 heteroatoms. The van der Waals surface area contributed by atoms with Crippen molar-refractivity contribution < 1.29 is 4.92 Å². The maximum absolute atomic E-state index is 10.5. The van der Waals surface area contributed by atoms with Gasteiger partial charge in [-0.15, -0.1) is 0 Å². The lowest BCUT2D eigenvalue weighted by Gasteiger charge is -1.97. The highest BCUT2D eigenvalue weighted by Gasteiger charge is 2.11. The highest BCUT2D eigenvalue weighted by Crippen LogP contribution is 2.21. The van der Waals surface area contributed by atoms with Crippen molar-refractivity contribution in [3.05, 3.63) is 39.9 Å². The molecule has 13 heavy (non-hydrogen) atoms. The first-order chi connectivity index (χ1) is 6.25. The van der Waals surface area contributed by atoms with Crippen LogP contribution in [0.15, 0.2) is 24.3 Å². The fourth-order valence-electron chi connectivity index (χ4n) is 0.921. The Hall–Kier alpha value is -1.54. The predicted molar refractivity (Wildman–Crippen MR) is 50.0 cm³/mol. The molecule has 4 nitrogen and oxygen atoms in total. The van der Waals surface area contributed by atoms with Gasteiger partial charge in [-0.05, 0) is 11.8 Å². The minimum absolute atomic E-state index is 0.0743. The Morgan fingerprint density at radius 3 is 2.85 bits per heavy atom. The molecule has 0 amide bonds. The third-order valence-electron chi connectivity index (χ3n) is 1.48. The average Bonchev–Trinajstić information content (AvgIpc) is 2.15. The van der Waals surface area contributed by atoms with Gasteiger partial charge in [-0.1, -0.05) is 18.2 Å². The molecule has 0 bridgehead atoms. The van der Waals surface area contributed by atoms with E-state index in [-0.39, 0.29) is 5.69 Å². The topological polar surface area (TPSA) is 66.9 Å². The van der Waals surface area contributed by atoms with Crippen molar-refractivity contribution in [1.82, 2.24) is 0 Å². The number of thiocyanates is 1. The molecule has 66 valence electrons. The van der Waals surface area contributed by atoms with Gasteiger partial charge in [-0.2, -0.15) is 5.26 Å². The number of nitro groups is 1. The number of nitro benzene ring substituents is 1. The minimum Gasteiger partial charge on any atom is -0.258 e. The van der Waals surface area contributed by atoms with Crippen LogP contribution < -0.4 is 0 Å². The van der Waals surface area contributed by atoms with E-state index in [9.17, 15) is 10.1 Å². The second kappa shape index (κ2) is 4.48. The molecule has 0 aliphatic heterocycles. The van der Waals surface area contributed by atoms with Gasteiger partial charge in [-0.25, -0.2) is 0 Å². The van der Waals surface area contributed by atoms with Crippen molar-refractivity contribution >= 4 is 17.4 Å². The molecule has 0 aromatic heterocycles. The van der Waals surface area contributed by atoms with E-state index in [1.807, 2.05) is 5.40 Å². The van der Waals surface area contributed by atoms with E-state index in [2.05, 4.69) is 0 Å². The largest absolute Gasteiger partial charge is 0.273 e. The predicted octanol–water partition coefficient (Wildman–Crippen LogP) is 2.31. The molecule has 0 saturated heterocycles. The summed E-state index contributed by atoms with van der Waals surface area (Å²) in [7, 11) is 0. The van der Waals surface area contributed by atoms with E-state index in [0.717, 1.165) is 11.8 Å². The zero-order chi connectivity index (χ0) is 9.68. The summed E-state index contributed by atoms with van der Waals surface area (Å²) in [6, 6.07) is 6.43. The number of hydrogen-bond acceptors (Lipinski definition) is 4. The van der Waals surface area contributed by atoms with Gasteiger partial charge in [0.1, 0.15) is 5.40 Å². The van der Waals surface area contributed by atoms with Gasteiger partial charge in [0.15, 0.2) is 0 Å². The summed E-state index contributed by atoms with van der Waals surface area (Å²) in [4.78, 5) is 10.1. The Kier molecular flexibility index (Phi) is 3.29. The normalized spacial score (nSPS) is 9.15. The maximum Gasteiger partial charge on any atom is 0.273 e. The van der Waals surface area contributed by atoms with Crippen LogP contribution in [0.25, 0.3) is 0 Å². The van der Waals surface area contributed by atoms with Gasteiger partial charge in [-0.3, -0.25) is 10.1 Å². The van der Waals surface area contributed by atoms with Gasteiger partial charge >= 0.3 is 0 Å². The third-order valence-corrected chi connectivity index (χ3v) is 2.06. The van der Waals surface area contributed by atoms with Gasteiger partial charge < -0.3 is 0 Å². The highest BCUT2D eigenvalue weighted by molar-refractivity contribution is 8.02. The molecule has 1 aromatic rings. The summed E-state index contributed by atoms with van der Waals surface area (Å²) in [5.41, 5.74) is 0.657. The molecule has 0 N–H and O–H groups in total. The lowest BCUT2D eigenvalue weighted by atomic mass is 10.2. The lowest BCUT2D eigenvalue weighted by Crippen LogP contribution is -1.92. The summed E-state index contributed by atoms with van der Waals surface area (Å²) in [6.07, 6.45) is 0. The van der Waals surface area contributed by atoms with Gasteiger partial charge in [0, 0.05) is 17.4 Å². The van der Waals surface area contributed by atoms with E-state index in [4.69, 9.17) is 5.26 Å². The number of thioether (sulfide) groups is 1. The van der Waals surface area contributed by atoms with Crippen LogP contribution in [-0.2, 0) is 5.75 Å². The smallest absolute Gasteiger partial charge is 0.258 e. The van der Waals surface area contributed by atoms with E-state index in [0.29, 0.717) is 11.3 Å². The van der Waals surface area contributed by atoms with Gasteiger partial charge in [0.05, 0.1) is 4.92 Å². The molecule has 1 aromatic carbocycles. The van der Waals surface area contributed by atoms with Crippen LogP contribution in [0.5, 0.6) is 0 Å². The summed E-state index contributed by atoms with van der Waals surface area (Å²) in [6.45, 7) is 0. The first-order valence-electron chi connectivity index (χ1n) is 3.49. The van der Waals surface area contributed by atoms with Crippen molar-refractivity contribution in [3.8, 4) is 5.40 Å². The molecular formula is C8H6N2O2S. The molecule has 0 atom stereocenters. The molecule has 0 aliphatic rings. The second-order valence-electron chi connectivity index (χ2n) is 2.27. The molecule has 0 fully saturated rings. The maximum atomic E-state index is 10.5. The lowest BCUT2D eigenvalue weighted by molar-refractivity contribution is -0.385. The number of nitriles is 1. The van der Waals surface area contributed by atoms with E-state index in [1.54, 1.807) is 18.2 Å². The van der Waals surface area contributed by atoms with Crippen LogP contribution in [-0.4, -0.2) is 4.92 Å². The molecule has 0 aliphatic carbocycles. The Morgan fingerprint density at radius 1 is 1.54 bits per heavy atom. The highest BCUT2D eigenvalue weighted by atomic mass is 32.2. The quantitative estimate of drug-likeness (QED) is 0.420. The van der Waals surface area contributed by atoms with Crippen molar-refractivity contribution in [3.63, 3.8) is 0 Å². The van der Waals surface area contributed by atoms with Crippen LogP contribution in [0, 0.1) is 20.8 Å². The summed E-state index contributed by atoms with van der Waals surface area (Å²) >= 11 is 0.994. The van der Waals surface area contributed by atoms with Crippen molar-refractivity contribution in [1.29, 1.82) is 5.26 Å². The van der Waals surface area contributed by atoms with Gasteiger partial charge in [0.2, 0.25) is 0 Å². The number of rotatable bonds is 3. The Bertz CT molecular complexity index is 359. The van der Waals surface area contributed by atoms with E-state index in [1.165, 1.54) is 6.07 Å². The first-order valence-corrected chi connectivity index (χ1v) is 4.47. The molecule has 0 unspecified atom stereocenters. The summed E-state index contributed by atoms with van der Waals surface area (Å²) in [5.74, 6) is 0.355. The molecule has 1 rings (SSSR count). The van der Waals surface area contributed by atoms with E-state index >= 15 is 0 Å². The van der Waals surface area contributed by atoms with Crippen molar-refractivity contribution in [2.75, 3.05) is 0 Å². The Balaban J connectivity index is 2.92. The second-order valence-corrected chi connectivity index (χ2v) is 3.03. The van der Waals surface area contributed by atoms with E-state index < -0.39 is 4.92 Å². The minimum atomic E-state index is -0.437. The Morgan fingerprint density at radius 2 is 2.23 bits per heavy atom. The third kappa shape index (κ3) is 2.46. The van der Waals surface area contributed by atoms with Crippen LogP contribution >= 0.6 is 11.8 Å². The van der Waals surface area contributed by atoms with Crippen molar-refractivity contribution in [2.45, 2.75) is 5.75 Å². The van der Waals surface area contributed by atoms with Crippen LogP contribution in [0.1, 0.15) is 5.56 Å². The average molecular weight is 194 g/mol. The first kappa shape index (κ1) is 9.55. The zero-order valence-electron chi connectivity index (χ0n) is 6.64. The van der Waals surface area contributed by atoms with Crippen LogP contribution in [0.2, 0.25) is 0 Å². The summed E-state index contributed by atoms with van der Waals surface area (Å²) in [5, 5.41) is 20.7. The molecular weight excluding hydrogens is 188 g/mol. The number of para-hydroxylation sites is 1. The molecule has 0 saturated carbocycles. The SMILES string of the molecule is N#CSCc1ccccc1[N+](=O)[O-]. The monoisotopic (exact) mass is 194 g/mol. The van der Waals surface area contributed by atoms with Crippen LogP contribution in [0.3, 0.4) is 0 Å². The fourth-order valence-corrected chi connectivity index (χ4v) is 1.39. The molecule has 0 heterocycles. The number of nitrogens with zero attached hydrogens (tertiary/aromatic N) is 2. The van der Waals surface area contributed by atoms with Gasteiger partial charge in [0.25, 0.3) is 5.69 Å². The standard InChI is InChI=1S/C8H6N2O2S/c9-6-13-5-7-3-1-2-4-8(7)10(11)12/h1-4H,5H2. The Labute approximate surface area is 79.3 Å². The zero-order valence-corrected chi connectivity index (χ0v) is 7.45. The van der Waals surface area contributed by atoms with Crippen LogP contribution in [0.4, 0.5) is 5.69 Å². The summed E-state index contributed by atoms with van der Waals surface area (Å²) < 4.78 is 0. The molecule has 0 radical (unpaired) electrons. The number of hydrogen-bond donors (Lipinski definition) is 0. The number of benzene rings is 1. The molecule has 0 spiro atoms. The van der Waals surface area contributed by atoms with Crippen molar-refractivity contribution in [2.24, 2.45) is 0 Å². The fraction of sp³-hybridized carbons (Fsp3) is 0.125.